The molecule has 0 bridgehead atoms. The quantitative estimate of drug-likeness (QED) is 0.651. The Hall–Kier alpha value is -2.12. The largest absolute Gasteiger partial charge is 0.288 e. The smallest absolute Gasteiger partial charge is 0.280 e. The van der Waals surface area contributed by atoms with Crippen LogP contribution in [0, 0.1) is 0 Å². The number of sulfonamides is 1. The van der Waals surface area contributed by atoms with Crippen LogP contribution in [0.1, 0.15) is 0 Å². The molecule has 3 aromatic carbocycles. The van der Waals surface area contributed by atoms with E-state index in [1.807, 2.05) is 24.3 Å². The van der Waals surface area contributed by atoms with Crippen LogP contribution in [0.4, 0.5) is 14.5 Å². The van der Waals surface area contributed by atoms with Crippen molar-refractivity contribution in [2.24, 2.45) is 0 Å². The zero-order valence-electron chi connectivity index (χ0n) is 12.3. The first kappa shape index (κ1) is 16.7. The van der Waals surface area contributed by atoms with E-state index >= 15 is 0 Å². The zero-order chi connectivity index (χ0) is 17.2. The van der Waals surface area contributed by atoms with Gasteiger partial charge in [-0.05, 0) is 47.2 Å². The molecular weight excluding hydrogens is 352 g/mol. The van der Waals surface area contributed by atoms with Crippen LogP contribution in [-0.4, -0.2) is 14.2 Å². The lowest BCUT2D eigenvalue weighted by molar-refractivity contribution is 0.252. The third kappa shape index (κ3) is 3.85. The van der Waals surface area contributed by atoms with Crippen molar-refractivity contribution in [3.63, 3.8) is 0 Å². The highest BCUT2D eigenvalue weighted by Gasteiger charge is 2.15. The second-order valence-electron chi connectivity index (χ2n) is 5.02. The average molecular weight is 365 g/mol. The molecule has 3 nitrogen and oxygen atoms in total. The third-order valence-electron chi connectivity index (χ3n) is 3.36. The molecule has 124 valence electrons. The Bertz CT molecular complexity index is 958. The Morgan fingerprint density at radius 3 is 2.21 bits per heavy atom. The van der Waals surface area contributed by atoms with E-state index in [4.69, 9.17) is 0 Å². The summed E-state index contributed by atoms with van der Waals surface area (Å²) in [5, 5.41) is 1.77. The molecule has 0 aliphatic carbocycles. The van der Waals surface area contributed by atoms with Gasteiger partial charge in [-0.25, -0.2) is 8.42 Å². The van der Waals surface area contributed by atoms with E-state index in [2.05, 4.69) is 4.72 Å². The summed E-state index contributed by atoms with van der Waals surface area (Å²) in [5.41, 5.74) is 0.321. The summed E-state index contributed by atoms with van der Waals surface area (Å²) >= 11 is 0.412. The van der Waals surface area contributed by atoms with Crippen LogP contribution in [-0.2, 0) is 10.0 Å². The summed E-state index contributed by atoms with van der Waals surface area (Å²) in [5.74, 6) is -2.51. The summed E-state index contributed by atoms with van der Waals surface area (Å²) in [6.45, 7) is 0. The Morgan fingerprint density at radius 2 is 1.54 bits per heavy atom. The van der Waals surface area contributed by atoms with E-state index < -0.39 is 15.8 Å². The van der Waals surface area contributed by atoms with Crippen LogP contribution in [0.5, 0.6) is 0 Å². The van der Waals surface area contributed by atoms with Crippen LogP contribution in [0.25, 0.3) is 10.8 Å². The molecule has 0 saturated heterocycles. The molecule has 0 aliphatic heterocycles. The molecule has 3 aromatic rings. The van der Waals surface area contributed by atoms with E-state index in [0.717, 1.165) is 10.8 Å². The number of nitrogens with one attached hydrogen (secondary N) is 1. The monoisotopic (exact) mass is 365 g/mol. The van der Waals surface area contributed by atoms with Gasteiger partial charge in [0.25, 0.3) is 15.8 Å². The fraction of sp³-hybridized carbons (Fsp3) is 0.0588. The van der Waals surface area contributed by atoms with Gasteiger partial charge in [0.05, 0.1) is 4.90 Å². The highest BCUT2D eigenvalue weighted by molar-refractivity contribution is 7.99. The van der Waals surface area contributed by atoms with E-state index in [1.54, 1.807) is 12.1 Å². The van der Waals surface area contributed by atoms with Gasteiger partial charge in [-0.15, -0.1) is 0 Å². The molecule has 0 fully saturated rings. The third-order valence-corrected chi connectivity index (χ3v) is 5.46. The summed E-state index contributed by atoms with van der Waals surface area (Å²) in [6.07, 6.45) is 0. The molecule has 0 unspecified atom stereocenters. The van der Waals surface area contributed by atoms with Crippen LogP contribution in [0.2, 0.25) is 0 Å². The highest BCUT2D eigenvalue weighted by Crippen LogP contribution is 2.27. The van der Waals surface area contributed by atoms with Gasteiger partial charge in [-0.1, -0.05) is 42.1 Å². The van der Waals surface area contributed by atoms with Crippen molar-refractivity contribution in [1.82, 2.24) is 0 Å². The first-order valence-electron chi connectivity index (χ1n) is 7.00. The highest BCUT2D eigenvalue weighted by atomic mass is 32.2. The van der Waals surface area contributed by atoms with Crippen LogP contribution in [0.3, 0.4) is 0 Å². The molecule has 0 saturated carbocycles. The maximum Gasteiger partial charge on any atom is 0.288 e. The maximum atomic E-state index is 12.5. The van der Waals surface area contributed by atoms with Gasteiger partial charge in [-0.2, -0.15) is 8.78 Å². The Morgan fingerprint density at radius 1 is 0.875 bits per heavy atom. The maximum absolute atomic E-state index is 12.5. The van der Waals surface area contributed by atoms with Crippen molar-refractivity contribution in [3.8, 4) is 0 Å². The number of anilines is 1. The predicted octanol–water partition coefficient (Wildman–Crippen LogP) is 4.96. The number of benzene rings is 3. The lowest BCUT2D eigenvalue weighted by atomic mass is 10.1. The minimum Gasteiger partial charge on any atom is -0.280 e. The summed E-state index contributed by atoms with van der Waals surface area (Å²) in [4.78, 5) is 0.519. The van der Waals surface area contributed by atoms with Crippen molar-refractivity contribution in [1.29, 1.82) is 0 Å². The van der Waals surface area contributed by atoms with E-state index in [0.29, 0.717) is 22.3 Å². The minimum atomic E-state index is -3.75. The fourth-order valence-electron chi connectivity index (χ4n) is 2.25. The van der Waals surface area contributed by atoms with Gasteiger partial charge < -0.3 is 0 Å². The normalized spacial score (nSPS) is 11.8. The first-order chi connectivity index (χ1) is 11.4. The van der Waals surface area contributed by atoms with Crippen molar-refractivity contribution in [2.75, 3.05) is 4.72 Å². The van der Waals surface area contributed by atoms with Crippen LogP contribution in [0.15, 0.2) is 76.5 Å². The summed E-state index contributed by atoms with van der Waals surface area (Å²) < 4.78 is 52.0. The molecule has 0 aliphatic rings. The predicted molar refractivity (Wildman–Crippen MR) is 93.1 cm³/mol. The fourth-order valence-corrected chi connectivity index (χ4v) is 3.85. The number of hydrogen-bond acceptors (Lipinski definition) is 3. The van der Waals surface area contributed by atoms with Gasteiger partial charge in [0.1, 0.15) is 0 Å². The Kier molecular flexibility index (Phi) is 4.73. The molecule has 24 heavy (non-hydrogen) atoms. The van der Waals surface area contributed by atoms with Crippen molar-refractivity contribution >= 4 is 38.2 Å². The van der Waals surface area contributed by atoms with E-state index in [9.17, 15) is 17.2 Å². The van der Waals surface area contributed by atoms with Crippen molar-refractivity contribution in [2.45, 2.75) is 15.5 Å². The molecule has 3 rings (SSSR count). The second kappa shape index (κ2) is 6.78. The van der Waals surface area contributed by atoms with Crippen molar-refractivity contribution in [3.05, 3.63) is 66.7 Å². The number of hydrogen-bond donors (Lipinski definition) is 1. The summed E-state index contributed by atoms with van der Waals surface area (Å²) in [7, 11) is -3.75. The van der Waals surface area contributed by atoms with Gasteiger partial charge in [0.15, 0.2) is 0 Å². The first-order valence-corrected chi connectivity index (χ1v) is 9.37. The number of fused-ring (bicyclic) bond motifs is 1. The standard InChI is InChI=1S/C17H13F2NO2S2/c18-17(19)23-15-8-6-14(7-9-15)20-24(21,22)16-10-5-12-3-1-2-4-13(12)11-16/h1-11,17,20H. The Balaban J connectivity index is 1.84. The van der Waals surface area contributed by atoms with Crippen LogP contribution < -0.4 is 4.72 Å². The molecule has 0 heterocycles. The average Bonchev–Trinajstić information content (AvgIpc) is 2.55. The molecule has 0 radical (unpaired) electrons. The second-order valence-corrected chi connectivity index (χ2v) is 7.76. The van der Waals surface area contributed by atoms with Gasteiger partial charge in [-0.3, -0.25) is 4.72 Å². The molecular formula is C17H13F2NO2S2. The lowest BCUT2D eigenvalue weighted by Gasteiger charge is -2.09. The minimum absolute atomic E-state index is 0.146. The van der Waals surface area contributed by atoms with Crippen molar-refractivity contribution < 1.29 is 17.2 Å². The molecule has 0 aromatic heterocycles. The Labute approximate surface area is 142 Å². The molecule has 1 N–H and O–H groups in total. The SMILES string of the molecule is O=S(=O)(Nc1ccc(SC(F)F)cc1)c1ccc2ccccc2c1. The van der Waals surface area contributed by atoms with E-state index in [1.165, 1.54) is 30.3 Å². The molecule has 0 spiro atoms. The molecule has 0 amide bonds. The lowest BCUT2D eigenvalue weighted by Crippen LogP contribution is -2.12. The number of halogens is 2. The molecule has 7 heteroatoms. The van der Waals surface area contributed by atoms with Gasteiger partial charge in [0, 0.05) is 10.6 Å². The topological polar surface area (TPSA) is 46.2 Å². The van der Waals surface area contributed by atoms with Gasteiger partial charge >= 0.3 is 0 Å². The number of rotatable bonds is 5. The number of thioether (sulfide) groups is 1. The van der Waals surface area contributed by atoms with Gasteiger partial charge in [0.2, 0.25) is 0 Å². The van der Waals surface area contributed by atoms with E-state index in [-0.39, 0.29) is 4.90 Å². The summed E-state index contributed by atoms with van der Waals surface area (Å²) in [6, 6.07) is 18.2. The zero-order valence-corrected chi connectivity index (χ0v) is 14.0. The number of alkyl halides is 2. The van der Waals surface area contributed by atoms with Crippen LogP contribution >= 0.6 is 11.8 Å². The molecule has 0 atom stereocenters.